The molecule has 15 heavy (non-hydrogen) atoms. The van der Waals surface area contributed by atoms with Crippen molar-refractivity contribution in [1.82, 2.24) is 0 Å². The molecule has 0 aromatic heterocycles. The molecule has 1 aromatic rings. The van der Waals surface area contributed by atoms with Crippen molar-refractivity contribution in [3.8, 4) is 0 Å². The fraction of sp³-hybridized carbons (Fsp3) is 0.417. The summed E-state index contributed by atoms with van der Waals surface area (Å²) in [5.74, 6) is 0.699. The van der Waals surface area contributed by atoms with Gasteiger partial charge in [0.05, 0.1) is 0 Å². The number of aryl methyl sites for hydroxylation is 1. The highest BCUT2D eigenvalue weighted by molar-refractivity contribution is 7.80. The Hall–Kier alpha value is -0.960. The van der Waals surface area contributed by atoms with E-state index in [1.807, 2.05) is 12.1 Å². The predicted molar refractivity (Wildman–Crippen MR) is 67.7 cm³/mol. The standard InChI is InChI=1S/C12H17NOS/c1-3-10-4-6-11(7-5-10)13(2)12(14)8-9-15/h4-7,15H,3,8-9H2,1-2H3. The minimum Gasteiger partial charge on any atom is -0.315 e. The van der Waals surface area contributed by atoms with Gasteiger partial charge in [-0.15, -0.1) is 0 Å². The van der Waals surface area contributed by atoms with Gasteiger partial charge >= 0.3 is 0 Å². The molecule has 0 saturated heterocycles. The van der Waals surface area contributed by atoms with Crippen LogP contribution in [0.2, 0.25) is 0 Å². The van der Waals surface area contributed by atoms with Gasteiger partial charge in [0.25, 0.3) is 0 Å². The van der Waals surface area contributed by atoms with Crippen LogP contribution in [0, 0.1) is 0 Å². The van der Waals surface area contributed by atoms with Gasteiger partial charge in [-0.2, -0.15) is 12.6 Å². The van der Waals surface area contributed by atoms with Crippen LogP contribution in [0.3, 0.4) is 0 Å². The predicted octanol–water partition coefficient (Wildman–Crippen LogP) is 2.53. The van der Waals surface area contributed by atoms with E-state index in [0.717, 1.165) is 12.1 Å². The molecule has 0 bridgehead atoms. The molecule has 0 atom stereocenters. The molecule has 0 N–H and O–H groups in total. The number of nitrogens with zero attached hydrogens (tertiary/aromatic N) is 1. The Bertz CT molecular complexity index is 321. The van der Waals surface area contributed by atoms with Crippen molar-refractivity contribution in [2.24, 2.45) is 0 Å². The Morgan fingerprint density at radius 3 is 2.40 bits per heavy atom. The van der Waals surface area contributed by atoms with E-state index in [4.69, 9.17) is 0 Å². The number of anilines is 1. The van der Waals surface area contributed by atoms with Gasteiger partial charge < -0.3 is 4.90 Å². The summed E-state index contributed by atoms with van der Waals surface area (Å²) in [6, 6.07) is 8.07. The maximum absolute atomic E-state index is 11.6. The first-order valence-corrected chi connectivity index (χ1v) is 5.78. The zero-order chi connectivity index (χ0) is 11.3. The van der Waals surface area contributed by atoms with E-state index >= 15 is 0 Å². The molecular formula is C12H17NOS. The lowest BCUT2D eigenvalue weighted by Gasteiger charge is -2.17. The molecule has 0 saturated carbocycles. The van der Waals surface area contributed by atoms with Crippen molar-refractivity contribution >= 4 is 24.2 Å². The van der Waals surface area contributed by atoms with Crippen molar-refractivity contribution in [3.05, 3.63) is 29.8 Å². The first-order chi connectivity index (χ1) is 7.19. The highest BCUT2D eigenvalue weighted by atomic mass is 32.1. The second-order valence-electron chi connectivity index (χ2n) is 3.45. The third kappa shape index (κ3) is 3.27. The molecule has 0 aliphatic rings. The van der Waals surface area contributed by atoms with Crippen LogP contribution in [0.1, 0.15) is 18.9 Å². The number of carbonyl (C=O) groups excluding carboxylic acids is 1. The molecule has 0 spiro atoms. The largest absolute Gasteiger partial charge is 0.315 e. The third-order valence-corrected chi connectivity index (χ3v) is 2.66. The van der Waals surface area contributed by atoms with E-state index in [1.54, 1.807) is 11.9 Å². The quantitative estimate of drug-likeness (QED) is 0.778. The van der Waals surface area contributed by atoms with E-state index in [9.17, 15) is 4.79 Å². The van der Waals surface area contributed by atoms with Crippen LogP contribution >= 0.6 is 12.6 Å². The number of carbonyl (C=O) groups is 1. The number of benzene rings is 1. The van der Waals surface area contributed by atoms with Crippen molar-refractivity contribution in [1.29, 1.82) is 0 Å². The van der Waals surface area contributed by atoms with Gasteiger partial charge in [-0.05, 0) is 29.9 Å². The minimum atomic E-state index is 0.106. The summed E-state index contributed by atoms with van der Waals surface area (Å²) in [7, 11) is 1.80. The average molecular weight is 223 g/mol. The summed E-state index contributed by atoms with van der Waals surface area (Å²) in [6.07, 6.45) is 1.50. The fourth-order valence-corrected chi connectivity index (χ4v) is 1.55. The summed E-state index contributed by atoms with van der Waals surface area (Å²) in [6.45, 7) is 2.12. The van der Waals surface area contributed by atoms with Crippen molar-refractivity contribution in [3.63, 3.8) is 0 Å². The number of amides is 1. The summed E-state index contributed by atoms with van der Waals surface area (Å²) in [5, 5.41) is 0. The van der Waals surface area contributed by atoms with Gasteiger partial charge in [-0.3, -0.25) is 4.79 Å². The number of rotatable bonds is 4. The Labute approximate surface area is 96.7 Å². The molecule has 82 valence electrons. The van der Waals surface area contributed by atoms with E-state index < -0.39 is 0 Å². The van der Waals surface area contributed by atoms with Gasteiger partial charge in [0.15, 0.2) is 0 Å². The van der Waals surface area contributed by atoms with Gasteiger partial charge in [0.1, 0.15) is 0 Å². The zero-order valence-corrected chi connectivity index (χ0v) is 10.1. The molecule has 0 heterocycles. The van der Waals surface area contributed by atoms with E-state index in [0.29, 0.717) is 12.2 Å². The van der Waals surface area contributed by atoms with Crippen LogP contribution in [-0.4, -0.2) is 18.7 Å². The number of hydrogen-bond donors (Lipinski definition) is 1. The highest BCUT2D eigenvalue weighted by Gasteiger charge is 2.08. The van der Waals surface area contributed by atoms with Crippen LogP contribution in [0.25, 0.3) is 0 Å². The zero-order valence-electron chi connectivity index (χ0n) is 9.23. The van der Waals surface area contributed by atoms with Gasteiger partial charge in [-0.1, -0.05) is 19.1 Å². The van der Waals surface area contributed by atoms with E-state index in [1.165, 1.54) is 5.56 Å². The third-order valence-electron chi connectivity index (χ3n) is 2.43. The lowest BCUT2D eigenvalue weighted by atomic mass is 10.1. The van der Waals surface area contributed by atoms with Gasteiger partial charge in [-0.25, -0.2) is 0 Å². The molecule has 0 aliphatic carbocycles. The Morgan fingerprint density at radius 2 is 1.93 bits per heavy atom. The molecule has 1 amide bonds. The van der Waals surface area contributed by atoms with Crippen molar-refractivity contribution in [2.45, 2.75) is 19.8 Å². The Balaban J connectivity index is 2.73. The minimum absolute atomic E-state index is 0.106. The normalized spacial score (nSPS) is 10.1. The van der Waals surface area contributed by atoms with Gasteiger partial charge in [0, 0.05) is 19.2 Å². The molecule has 0 aliphatic heterocycles. The molecule has 0 radical (unpaired) electrons. The Morgan fingerprint density at radius 1 is 1.33 bits per heavy atom. The summed E-state index contributed by atoms with van der Waals surface area (Å²) in [4.78, 5) is 13.3. The maximum atomic E-state index is 11.6. The SMILES string of the molecule is CCc1ccc(N(C)C(=O)CCS)cc1. The number of hydrogen-bond acceptors (Lipinski definition) is 2. The van der Waals surface area contributed by atoms with Crippen molar-refractivity contribution in [2.75, 3.05) is 17.7 Å². The molecule has 1 aromatic carbocycles. The second-order valence-corrected chi connectivity index (χ2v) is 3.89. The highest BCUT2D eigenvalue weighted by Crippen LogP contribution is 2.15. The number of thiol groups is 1. The van der Waals surface area contributed by atoms with E-state index in [-0.39, 0.29) is 5.91 Å². The maximum Gasteiger partial charge on any atom is 0.227 e. The molecule has 2 nitrogen and oxygen atoms in total. The molecule has 3 heteroatoms. The van der Waals surface area contributed by atoms with Crippen LogP contribution in [0.4, 0.5) is 5.69 Å². The first kappa shape index (κ1) is 12.1. The lowest BCUT2D eigenvalue weighted by molar-refractivity contribution is -0.117. The van der Waals surface area contributed by atoms with Crippen LogP contribution in [-0.2, 0) is 11.2 Å². The molecule has 0 fully saturated rings. The van der Waals surface area contributed by atoms with Gasteiger partial charge in [0.2, 0.25) is 5.91 Å². The average Bonchev–Trinajstić information content (AvgIpc) is 2.28. The topological polar surface area (TPSA) is 20.3 Å². The first-order valence-electron chi connectivity index (χ1n) is 5.15. The fourth-order valence-electron chi connectivity index (χ4n) is 1.36. The van der Waals surface area contributed by atoms with Crippen molar-refractivity contribution < 1.29 is 4.79 Å². The van der Waals surface area contributed by atoms with Crippen LogP contribution in [0.15, 0.2) is 24.3 Å². The van der Waals surface area contributed by atoms with Crippen LogP contribution in [0.5, 0.6) is 0 Å². The summed E-state index contributed by atoms with van der Waals surface area (Å²) < 4.78 is 0. The monoisotopic (exact) mass is 223 g/mol. The lowest BCUT2D eigenvalue weighted by Crippen LogP contribution is -2.26. The smallest absolute Gasteiger partial charge is 0.227 e. The Kier molecular flexibility index (Phi) is 4.69. The molecule has 1 rings (SSSR count). The van der Waals surface area contributed by atoms with Crippen LogP contribution < -0.4 is 4.90 Å². The molecular weight excluding hydrogens is 206 g/mol. The van der Waals surface area contributed by atoms with E-state index in [2.05, 4.69) is 31.7 Å². The molecule has 0 unspecified atom stereocenters. The summed E-state index contributed by atoms with van der Waals surface area (Å²) >= 11 is 4.05. The summed E-state index contributed by atoms with van der Waals surface area (Å²) in [5.41, 5.74) is 2.23. The second kappa shape index (κ2) is 5.81.